The van der Waals surface area contributed by atoms with Gasteiger partial charge in [-0.1, -0.05) is 64.0 Å². The second-order valence-electron chi connectivity index (χ2n) is 9.51. The first-order valence-electron chi connectivity index (χ1n) is 12.1. The minimum absolute atomic E-state index is 0.0680. The van der Waals surface area contributed by atoms with Crippen LogP contribution in [0.2, 0.25) is 0 Å². The maximum atomic E-state index is 10.8. The van der Waals surface area contributed by atoms with Crippen LogP contribution >= 0.6 is 0 Å². The molecule has 3 rings (SSSR count). The highest BCUT2D eigenvalue weighted by Crippen LogP contribution is 2.37. The van der Waals surface area contributed by atoms with Crippen LogP contribution in [0.25, 0.3) is 0 Å². The van der Waals surface area contributed by atoms with Crippen LogP contribution in [-0.4, -0.2) is 53.3 Å². The van der Waals surface area contributed by atoms with Crippen LogP contribution in [0.5, 0.6) is 0 Å². The summed E-state index contributed by atoms with van der Waals surface area (Å²) in [5.74, 6) is -2.51. The summed E-state index contributed by atoms with van der Waals surface area (Å²) < 4.78 is 17.1. The molecule has 3 N–H and O–H groups in total. The van der Waals surface area contributed by atoms with Gasteiger partial charge in [0, 0.05) is 5.69 Å². The van der Waals surface area contributed by atoms with Gasteiger partial charge in [0.1, 0.15) is 18.3 Å². The van der Waals surface area contributed by atoms with E-state index in [9.17, 15) is 10.2 Å². The van der Waals surface area contributed by atoms with Gasteiger partial charge in [0.15, 0.2) is 5.79 Å². The van der Waals surface area contributed by atoms with Crippen molar-refractivity contribution < 1.29 is 24.4 Å². The van der Waals surface area contributed by atoms with Crippen molar-refractivity contribution in [2.24, 2.45) is 0 Å². The summed E-state index contributed by atoms with van der Waals surface area (Å²) in [7, 11) is 0. The van der Waals surface area contributed by atoms with E-state index in [0.29, 0.717) is 0 Å². The molecule has 0 unspecified atom stereocenters. The highest BCUT2D eigenvalue weighted by Gasteiger charge is 2.56. The van der Waals surface area contributed by atoms with Gasteiger partial charge in [-0.3, -0.25) is 0 Å². The Morgan fingerprint density at radius 3 is 2.29 bits per heavy atom. The molecule has 0 amide bonds. The Labute approximate surface area is 187 Å². The standard InChI is InChI=1S/C25H41NO5/c1-4-5-6-7-8-9-10-11-12-19-13-15-20(16-14-19)26-18-25(28)23(27)22-21(17-29-25)30-24(2,3)31-22/h13-16,21-23,26-28H,4-12,17-18H2,1-3H3/t21-,22-,23+,25-/m1/s1. The fourth-order valence-corrected chi connectivity index (χ4v) is 4.46. The zero-order chi connectivity index (χ0) is 22.3. The SMILES string of the molecule is CCCCCCCCCCc1ccc(NC[C@@]2(O)OC[C@H]3OC(C)(C)O[C@H]3[C@@H]2O)cc1. The zero-order valence-corrected chi connectivity index (χ0v) is 19.4. The third kappa shape index (κ3) is 6.90. The molecule has 0 aromatic heterocycles. The van der Waals surface area contributed by atoms with E-state index in [1.54, 1.807) is 13.8 Å². The maximum absolute atomic E-state index is 10.8. The van der Waals surface area contributed by atoms with Crippen LogP contribution in [-0.2, 0) is 20.6 Å². The number of unbranched alkanes of at least 4 members (excludes halogenated alkanes) is 7. The van der Waals surface area contributed by atoms with Gasteiger partial charge >= 0.3 is 0 Å². The van der Waals surface area contributed by atoms with Gasteiger partial charge in [-0.15, -0.1) is 0 Å². The topological polar surface area (TPSA) is 80.2 Å². The molecule has 176 valence electrons. The van der Waals surface area contributed by atoms with Crippen molar-refractivity contribution in [2.45, 2.75) is 108 Å². The van der Waals surface area contributed by atoms with Crippen LogP contribution < -0.4 is 5.32 Å². The van der Waals surface area contributed by atoms with Gasteiger partial charge in [-0.2, -0.15) is 0 Å². The van der Waals surface area contributed by atoms with Crippen LogP contribution in [0.15, 0.2) is 24.3 Å². The molecular weight excluding hydrogens is 394 g/mol. The van der Waals surface area contributed by atoms with E-state index < -0.39 is 23.8 Å². The molecule has 0 bridgehead atoms. The summed E-state index contributed by atoms with van der Waals surface area (Å²) in [5, 5.41) is 24.7. The van der Waals surface area contributed by atoms with Crippen LogP contribution in [0.4, 0.5) is 5.69 Å². The first-order valence-corrected chi connectivity index (χ1v) is 12.1. The van der Waals surface area contributed by atoms with Gasteiger partial charge in [0.05, 0.1) is 13.2 Å². The van der Waals surface area contributed by atoms with Crippen molar-refractivity contribution in [1.29, 1.82) is 0 Å². The van der Waals surface area contributed by atoms with Crippen molar-refractivity contribution in [3.05, 3.63) is 29.8 Å². The van der Waals surface area contributed by atoms with Gasteiger partial charge in [-0.05, 0) is 44.4 Å². The van der Waals surface area contributed by atoms with Crippen molar-refractivity contribution in [3.63, 3.8) is 0 Å². The summed E-state index contributed by atoms with van der Waals surface area (Å²) in [5.41, 5.74) is 2.21. The number of hydrogen-bond acceptors (Lipinski definition) is 6. The number of aryl methyl sites for hydroxylation is 1. The highest BCUT2D eigenvalue weighted by atomic mass is 16.8. The molecule has 0 radical (unpaired) electrons. The fourth-order valence-electron chi connectivity index (χ4n) is 4.46. The first-order chi connectivity index (χ1) is 14.8. The second-order valence-corrected chi connectivity index (χ2v) is 9.51. The second kappa shape index (κ2) is 11.1. The molecule has 2 aliphatic heterocycles. The average molecular weight is 436 g/mol. The van der Waals surface area contributed by atoms with Crippen LogP contribution in [0.3, 0.4) is 0 Å². The van der Waals surface area contributed by atoms with E-state index in [0.717, 1.165) is 12.1 Å². The summed E-state index contributed by atoms with van der Waals surface area (Å²) in [6.07, 6.45) is 9.54. The molecule has 2 aliphatic rings. The minimum atomic E-state index is -1.72. The number of nitrogens with one attached hydrogen (secondary N) is 1. The molecule has 6 heteroatoms. The molecule has 2 fully saturated rings. The van der Waals surface area contributed by atoms with Crippen molar-refractivity contribution >= 4 is 5.69 Å². The summed E-state index contributed by atoms with van der Waals surface area (Å²) >= 11 is 0. The van der Waals surface area contributed by atoms with Crippen LogP contribution in [0, 0.1) is 0 Å². The molecule has 31 heavy (non-hydrogen) atoms. The minimum Gasteiger partial charge on any atom is -0.385 e. The lowest BCUT2D eigenvalue weighted by molar-refractivity contribution is -0.298. The van der Waals surface area contributed by atoms with E-state index in [1.807, 2.05) is 12.1 Å². The molecule has 1 aromatic rings. The fraction of sp³-hybridized carbons (Fsp3) is 0.760. The highest BCUT2D eigenvalue weighted by molar-refractivity contribution is 5.45. The lowest BCUT2D eigenvalue weighted by Gasteiger charge is -2.41. The Bertz CT molecular complexity index is 664. The summed E-state index contributed by atoms with van der Waals surface area (Å²) in [6.45, 7) is 6.10. The number of benzene rings is 1. The normalized spacial score (nSPS) is 29.6. The Balaban J connectivity index is 1.38. The Kier molecular flexibility index (Phi) is 8.76. The Hall–Kier alpha value is -1.18. The van der Waals surface area contributed by atoms with Crippen molar-refractivity contribution in [1.82, 2.24) is 0 Å². The van der Waals surface area contributed by atoms with Gasteiger partial charge in [0.25, 0.3) is 0 Å². The van der Waals surface area contributed by atoms with E-state index in [-0.39, 0.29) is 19.3 Å². The van der Waals surface area contributed by atoms with Crippen molar-refractivity contribution in [2.75, 3.05) is 18.5 Å². The van der Waals surface area contributed by atoms with Gasteiger partial charge in [0.2, 0.25) is 5.79 Å². The maximum Gasteiger partial charge on any atom is 0.212 e. The Morgan fingerprint density at radius 1 is 0.968 bits per heavy atom. The predicted octanol–water partition coefficient (Wildman–Crippen LogP) is 4.38. The van der Waals surface area contributed by atoms with E-state index in [4.69, 9.17) is 14.2 Å². The van der Waals surface area contributed by atoms with E-state index >= 15 is 0 Å². The number of aliphatic hydroxyl groups excluding tert-OH is 1. The van der Waals surface area contributed by atoms with Crippen LogP contribution in [0.1, 0.15) is 77.7 Å². The molecule has 6 nitrogen and oxygen atoms in total. The van der Waals surface area contributed by atoms with E-state index in [1.165, 1.54) is 56.9 Å². The molecule has 4 atom stereocenters. The largest absolute Gasteiger partial charge is 0.385 e. The Morgan fingerprint density at radius 2 is 1.61 bits per heavy atom. The zero-order valence-electron chi connectivity index (χ0n) is 19.4. The molecule has 2 heterocycles. The number of ether oxygens (including phenoxy) is 3. The number of hydrogen-bond donors (Lipinski definition) is 3. The van der Waals surface area contributed by atoms with Crippen molar-refractivity contribution in [3.8, 4) is 0 Å². The molecular formula is C25H41NO5. The third-order valence-corrected chi connectivity index (χ3v) is 6.31. The lowest BCUT2D eigenvalue weighted by Crippen LogP contribution is -2.62. The number of fused-ring (bicyclic) bond motifs is 1. The summed E-state index contributed by atoms with van der Waals surface area (Å²) in [6, 6.07) is 8.27. The first kappa shape index (κ1) is 24.5. The predicted molar refractivity (Wildman–Crippen MR) is 122 cm³/mol. The number of rotatable bonds is 12. The molecule has 2 saturated heterocycles. The molecule has 1 aromatic carbocycles. The monoisotopic (exact) mass is 435 g/mol. The molecule has 0 saturated carbocycles. The molecule has 0 spiro atoms. The quantitative estimate of drug-likeness (QED) is 0.423. The average Bonchev–Trinajstić information content (AvgIpc) is 3.07. The van der Waals surface area contributed by atoms with Gasteiger partial charge < -0.3 is 29.7 Å². The molecule has 0 aliphatic carbocycles. The number of aliphatic hydroxyl groups is 2. The third-order valence-electron chi connectivity index (χ3n) is 6.31. The lowest BCUT2D eigenvalue weighted by atomic mass is 9.96. The number of anilines is 1. The smallest absolute Gasteiger partial charge is 0.212 e. The summed E-state index contributed by atoms with van der Waals surface area (Å²) in [4.78, 5) is 0. The van der Waals surface area contributed by atoms with Gasteiger partial charge in [-0.25, -0.2) is 0 Å². The van der Waals surface area contributed by atoms with E-state index in [2.05, 4.69) is 24.4 Å².